The standard InChI is InChI=1S/C22H27FN4O3/c1-22(2,3)30-21(29)27-14-12-26(13-15-27)17-10-8-16(9-11-17)24-20(28)25-19-7-5-4-6-18(19)23/h4-11H,12-15H2,1-3H3,(H2,24,25,28). The Bertz CT molecular complexity index is 888. The number of hydrogen-bond acceptors (Lipinski definition) is 4. The second-order valence-electron chi connectivity index (χ2n) is 8.06. The summed E-state index contributed by atoms with van der Waals surface area (Å²) >= 11 is 0. The van der Waals surface area contributed by atoms with Gasteiger partial charge in [-0.1, -0.05) is 12.1 Å². The van der Waals surface area contributed by atoms with Crippen LogP contribution in [-0.4, -0.2) is 48.8 Å². The van der Waals surface area contributed by atoms with Crippen molar-refractivity contribution in [1.82, 2.24) is 4.90 Å². The molecule has 8 heteroatoms. The van der Waals surface area contributed by atoms with Crippen molar-refractivity contribution in [3.63, 3.8) is 0 Å². The number of rotatable bonds is 3. The molecule has 0 atom stereocenters. The number of amides is 3. The maximum absolute atomic E-state index is 13.6. The van der Waals surface area contributed by atoms with Crippen molar-refractivity contribution in [3.8, 4) is 0 Å². The molecule has 3 amide bonds. The molecule has 1 saturated heterocycles. The Labute approximate surface area is 175 Å². The van der Waals surface area contributed by atoms with Crippen LogP contribution in [0.5, 0.6) is 0 Å². The fourth-order valence-electron chi connectivity index (χ4n) is 3.08. The van der Waals surface area contributed by atoms with Crippen LogP contribution in [0, 0.1) is 5.82 Å². The number of halogens is 1. The van der Waals surface area contributed by atoms with Gasteiger partial charge in [-0.05, 0) is 57.2 Å². The Hall–Kier alpha value is -3.29. The van der Waals surface area contributed by atoms with E-state index in [0.717, 1.165) is 5.69 Å². The van der Waals surface area contributed by atoms with Crippen LogP contribution in [-0.2, 0) is 4.74 Å². The van der Waals surface area contributed by atoms with E-state index in [1.807, 2.05) is 32.9 Å². The summed E-state index contributed by atoms with van der Waals surface area (Å²) in [6, 6.07) is 12.9. The van der Waals surface area contributed by atoms with Gasteiger partial charge in [0.05, 0.1) is 5.69 Å². The van der Waals surface area contributed by atoms with E-state index >= 15 is 0 Å². The number of urea groups is 1. The Kier molecular flexibility index (Phi) is 6.44. The average Bonchev–Trinajstić information content (AvgIpc) is 2.69. The molecule has 1 aliphatic heterocycles. The molecule has 0 aromatic heterocycles. The topological polar surface area (TPSA) is 73.9 Å². The van der Waals surface area contributed by atoms with Gasteiger partial charge in [0.15, 0.2) is 0 Å². The predicted molar refractivity (Wildman–Crippen MR) is 116 cm³/mol. The summed E-state index contributed by atoms with van der Waals surface area (Å²) < 4.78 is 19.0. The van der Waals surface area contributed by atoms with Crippen LogP contribution in [0.25, 0.3) is 0 Å². The summed E-state index contributed by atoms with van der Waals surface area (Å²) in [5.41, 5.74) is 1.21. The van der Waals surface area contributed by atoms with Crippen LogP contribution in [0.4, 0.5) is 31.0 Å². The first-order valence-corrected chi connectivity index (χ1v) is 9.87. The fraction of sp³-hybridized carbons (Fsp3) is 0.364. The van der Waals surface area contributed by atoms with E-state index in [1.54, 1.807) is 29.2 Å². The monoisotopic (exact) mass is 414 g/mol. The van der Waals surface area contributed by atoms with E-state index in [0.29, 0.717) is 31.9 Å². The quantitative estimate of drug-likeness (QED) is 0.774. The molecule has 0 bridgehead atoms. The molecule has 7 nitrogen and oxygen atoms in total. The number of carbonyl (C=O) groups is 2. The Balaban J connectivity index is 1.51. The molecule has 2 N–H and O–H groups in total. The van der Waals surface area contributed by atoms with Crippen LogP contribution in [0.2, 0.25) is 0 Å². The van der Waals surface area contributed by atoms with Crippen molar-refractivity contribution in [2.75, 3.05) is 41.7 Å². The number of piperazine rings is 1. The maximum Gasteiger partial charge on any atom is 0.410 e. The van der Waals surface area contributed by atoms with Crippen LogP contribution in [0.15, 0.2) is 48.5 Å². The van der Waals surface area contributed by atoms with Crippen LogP contribution in [0.3, 0.4) is 0 Å². The second kappa shape index (κ2) is 9.02. The van der Waals surface area contributed by atoms with Gasteiger partial charge >= 0.3 is 12.1 Å². The van der Waals surface area contributed by atoms with E-state index in [2.05, 4.69) is 15.5 Å². The largest absolute Gasteiger partial charge is 0.444 e. The van der Waals surface area contributed by atoms with Gasteiger partial charge in [0.2, 0.25) is 0 Å². The highest BCUT2D eigenvalue weighted by Gasteiger charge is 2.25. The fourth-order valence-corrected chi connectivity index (χ4v) is 3.08. The molecule has 1 aliphatic rings. The minimum absolute atomic E-state index is 0.120. The molecule has 2 aromatic carbocycles. The lowest BCUT2D eigenvalue weighted by molar-refractivity contribution is 0.0240. The molecule has 0 saturated carbocycles. The first kappa shape index (κ1) is 21.4. The van der Waals surface area contributed by atoms with Crippen molar-refractivity contribution in [3.05, 3.63) is 54.3 Å². The lowest BCUT2D eigenvalue weighted by Crippen LogP contribution is -2.50. The van der Waals surface area contributed by atoms with E-state index < -0.39 is 17.4 Å². The molecule has 0 aliphatic carbocycles. The molecule has 0 unspecified atom stereocenters. The molecule has 1 fully saturated rings. The van der Waals surface area contributed by atoms with Crippen LogP contribution < -0.4 is 15.5 Å². The molecule has 160 valence electrons. The number of ether oxygens (including phenoxy) is 1. The number of hydrogen-bond donors (Lipinski definition) is 2. The Morgan fingerprint density at radius 2 is 1.57 bits per heavy atom. The van der Waals surface area contributed by atoms with Gasteiger partial charge in [0.25, 0.3) is 0 Å². The molecule has 1 heterocycles. The highest BCUT2D eigenvalue weighted by molar-refractivity contribution is 5.99. The smallest absolute Gasteiger partial charge is 0.410 e. The highest BCUT2D eigenvalue weighted by Crippen LogP contribution is 2.21. The summed E-state index contributed by atoms with van der Waals surface area (Å²) in [4.78, 5) is 28.1. The predicted octanol–water partition coefficient (Wildman–Crippen LogP) is 4.53. The van der Waals surface area contributed by atoms with Gasteiger partial charge < -0.3 is 25.2 Å². The molecular weight excluding hydrogens is 387 g/mol. The third-order valence-electron chi connectivity index (χ3n) is 4.54. The minimum Gasteiger partial charge on any atom is -0.444 e. The summed E-state index contributed by atoms with van der Waals surface area (Å²) in [6.45, 7) is 8.12. The van der Waals surface area contributed by atoms with Gasteiger partial charge in [-0.15, -0.1) is 0 Å². The number of para-hydroxylation sites is 1. The Morgan fingerprint density at radius 3 is 2.17 bits per heavy atom. The molecular formula is C22H27FN4O3. The van der Waals surface area contributed by atoms with Crippen LogP contribution >= 0.6 is 0 Å². The van der Waals surface area contributed by atoms with Gasteiger partial charge in [-0.2, -0.15) is 0 Å². The van der Waals surface area contributed by atoms with Gasteiger partial charge in [0.1, 0.15) is 11.4 Å². The van der Waals surface area contributed by atoms with Crippen molar-refractivity contribution in [2.24, 2.45) is 0 Å². The van der Waals surface area contributed by atoms with Gasteiger partial charge in [0, 0.05) is 37.6 Å². The number of anilines is 3. The summed E-state index contributed by atoms with van der Waals surface area (Å²) in [5, 5.41) is 5.17. The van der Waals surface area contributed by atoms with Crippen molar-refractivity contribution >= 4 is 29.2 Å². The summed E-state index contributed by atoms with van der Waals surface area (Å²) in [6.07, 6.45) is -0.289. The number of nitrogens with zero attached hydrogens (tertiary/aromatic N) is 2. The van der Waals surface area contributed by atoms with E-state index in [4.69, 9.17) is 4.74 Å². The SMILES string of the molecule is CC(C)(C)OC(=O)N1CCN(c2ccc(NC(=O)Nc3ccccc3F)cc2)CC1. The molecule has 3 rings (SSSR count). The van der Waals surface area contributed by atoms with Crippen molar-refractivity contribution in [1.29, 1.82) is 0 Å². The van der Waals surface area contributed by atoms with Gasteiger partial charge in [-0.25, -0.2) is 14.0 Å². The first-order valence-electron chi connectivity index (χ1n) is 9.87. The third kappa shape index (κ3) is 5.85. The molecule has 2 aromatic rings. The number of benzene rings is 2. The molecule has 0 spiro atoms. The van der Waals surface area contributed by atoms with E-state index in [-0.39, 0.29) is 11.8 Å². The third-order valence-corrected chi connectivity index (χ3v) is 4.54. The van der Waals surface area contributed by atoms with E-state index in [9.17, 15) is 14.0 Å². The Morgan fingerprint density at radius 1 is 0.933 bits per heavy atom. The summed E-state index contributed by atoms with van der Waals surface area (Å²) in [7, 11) is 0. The number of nitrogens with one attached hydrogen (secondary N) is 2. The van der Waals surface area contributed by atoms with Crippen molar-refractivity contribution < 1.29 is 18.7 Å². The lowest BCUT2D eigenvalue weighted by atomic mass is 10.2. The van der Waals surface area contributed by atoms with Crippen LogP contribution in [0.1, 0.15) is 20.8 Å². The zero-order valence-electron chi connectivity index (χ0n) is 17.4. The lowest BCUT2D eigenvalue weighted by Gasteiger charge is -2.36. The minimum atomic E-state index is -0.515. The van der Waals surface area contributed by atoms with Crippen molar-refractivity contribution in [2.45, 2.75) is 26.4 Å². The van der Waals surface area contributed by atoms with E-state index in [1.165, 1.54) is 12.1 Å². The zero-order valence-corrected chi connectivity index (χ0v) is 17.4. The molecule has 30 heavy (non-hydrogen) atoms. The second-order valence-corrected chi connectivity index (χ2v) is 8.06. The number of carbonyl (C=O) groups excluding carboxylic acids is 2. The molecule has 0 radical (unpaired) electrons. The normalized spacial score (nSPS) is 14.3. The van der Waals surface area contributed by atoms with Gasteiger partial charge in [-0.3, -0.25) is 0 Å². The maximum atomic E-state index is 13.6. The zero-order chi connectivity index (χ0) is 21.7. The summed E-state index contributed by atoms with van der Waals surface area (Å²) in [5.74, 6) is -0.492. The highest BCUT2D eigenvalue weighted by atomic mass is 19.1. The first-order chi connectivity index (χ1) is 14.2. The average molecular weight is 414 g/mol.